The summed E-state index contributed by atoms with van der Waals surface area (Å²) in [6.45, 7) is 10.5. The zero-order valence-electron chi connectivity index (χ0n) is 8.38. The maximum atomic E-state index is 5.13. The molecule has 0 saturated carbocycles. The molecule has 0 bridgehead atoms. The molecule has 0 saturated heterocycles. The van der Waals surface area contributed by atoms with Crippen molar-refractivity contribution in [3.8, 4) is 0 Å². The predicted octanol–water partition coefficient (Wildman–Crippen LogP) is 2.49. The van der Waals surface area contributed by atoms with E-state index in [0.29, 0.717) is 5.92 Å². The summed E-state index contributed by atoms with van der Waals surface area (Å²) in [6, 6.07) is 0. The molecule has 12 heavy (non-hydrogen) atoms. The molecule has 0 atom stereocenters. The molecule has 3 heteroatoms. The molecule has 0 amide bonds. The van der Waals surface area contributed by atoms with E-state index in [2.05, 4.69) is 45.0 Å². The van der Waals surface area contributed by atoms with Crippen molar-refractivity contribution in [3.05, 3.63) is 11.5 Å². The van der Waals surface area contributed by atoms with E-state index in [9.17, 15) is 0 Å². The third-order valence-corrected chi connectivity index (χ3v) is 1.74. The Labute approximate surface area is 73.1 Å². The van der Waals surface area contributed by atoms with Crippen molar-refractivity contribution in [3.63, 3.8) is 0 Å². The molecule has 0 aliphatic carbocycles. The monoisotopic (exact) mass is 168 g/mol. The van der Waals surface area contributed by atoms with Gasteiger partial charge in [-0.2, -0.15) is 0 Å². The van der Waals surface area contributed by atoms with E-state index < -0.39 is 0 Å². The second-order valence-corrected chi connectivity index (χ2v) is 4.39. The lowest BCUT2D eigenvalue weighted by atomic mass is 9.89. The molecule has 0 N–H and O–H groups in total. The fraction of sp³-hybridized carbons (Fsp3) is 0.778. The van der Waals surface area contributed by atoms with E-state index in [4.69, 9.17) is 4.52 Å². The van der Waals surface area contributed by atoms with Gasteiger partial charge in [-0.25, -0.2) is 0 Å². The van der Waals surface area contributed by atoms with Gasteiger partial charge in [0.1, 0.15) is 5.69 Å². The maximum Gasteiger partial charge on any atom is 0.165 e. The van der Waals surface area contributed by atoms with Crippen molar-refractivity contribution >= 4 is 0 Å². The van der Waals surface area contributed by atoms with Gasteiger partial charge in [-0.15, -0.1) is 5.10 Å². The lowest BCUT2D eigenvalue weighted by molar-refractivity contribution is 0.314. The first-order valence-electron chi connectivity index (χ1n) is 4.25. The Hall–Kier alpha value is -0.860. The largest absolute Gasteiger partial charge is 0.341 e. The molecule has 3 nitrogen and oxygen atoms in total. The van der Waals surface area contributed by atoms with Crippen LogP contribution in [0.2, 0.25) is 0 Å². The van der Waals surface area contributed by atoms with Crippen LogP contribution >= 0.6 is 0 Å². The lowest BCUT2D eigenvalue weighted by Gasteiger charge is -2.15. The number of hydrogen-bond donors (Lipinski definition) is 0. The van der Waals surface area contributed by atoms with E-state index in [-0.39, 0.29) is 5.41 Å². The van der Waals surface area contributed by atoms with Crippen molar-refractivity contribution < 1.29 is 4.52 Å². The number of aromatic nitrogens is 2. The summed E-state index contributed by atoms with van der Waals surface area (Å²) in [4.78, 5) is 0. The minimum atomic E-state index is 0.00308. The molecule has 1 rings (SSSR count). The van der Waals surface area contributed by atoms with Gasteiger partial charge in [-0.3, -0.25) is 0 Å². The molecule has 0 spiro atoms. The quantitative estimate of drug-likeness (QED) is 0.646. The Morgan fingerprint density at radius 2 is 1.83 bits per heavy atom. The van der Waals surface area contributed by atoms with Crippen LogP contribution in [0, 0.1) is 0 Å². The molecule has 0 unspecified atom stereocenters. The van der Waals surface area contributed by atoms with Crippen molar-refractivity contribution in [2.24, 2.45) is 0 Å². The van der Waals surface area contributed by atoms with Crippen LogP contribution in [-0.4, -0.2) is 10.4 Å². The summed E-state index contributed by atoms with van der Waals surface area (Å²) in [6.07, 6.45) is 0. The summed E-state index contributed by atoms with van der Waals surface area (Å²) in [7, 11) is 0. The normalized spacial score (nSPS) is 12.5. The summed E-state index contributed by atoms with van der Waals surface area (Å²) >= 11 is 0. The van der Waals surface area contributed by atoms with Gasteiger partial charge in [0.25, 0.3) is 0 Å². The topological polar surface area (TPSA) is 38.9 Å². The van der Waals surface area contributed by atoms with Crippen LogP contribution in [0.5, 0.6) is 0 Å². The van der Waals surface area contributed by atoms with Crippen molar-refractivity contribution in [2.75, 3.05) is 0 Å². The van der Waals surface area contributed by atoms with Gasteiger partial charge in [0.05, 0.1) is 0 Å². The van der Waals surface area contributed by atoms with Gasteiger partial charge in [-0.1, -0.05) is 34.6 Å². The van der Waals surface area contributed by atoms with Crippen molar-refractivity contribution in [2.45, 2.75) is 46.0 Å². The summed E-state index contributed by atoms with van der Waals surface area (Å²) in [5.41, 5.74) is 0.978. The molecule has 0 aliphatic heterocycles. The van der Waals surface area contributed by atoms with Crippen LogP contribution in [-0.2, 0) is 5.41 Å². The second kappa shape index (κ2) is 2.88. The van der Waals surface area contributed by atoms with Gasteiger partial charge in [0, 0.05) is 16.6 Å². The minimum absolute atomic E-state index is 0.00308. The highest BCUT2D eigenvalue weighted by atomic mass is 16.5. The van der Waals surface area contributed by atoms with E-state index in [1.165, 1.54) is 0 Å². The molecular weight excluding hydrogens is 152 g/mol. The predicted molar refractivity (Wildman–Crippen MR) is 47.1 cm³/mol. The van der Waals surface area contributed by atoms with Crippen molar-refractivity contribution in [1.82, 2.24) is 10.4 Å². The Morgan fingerprint density at radius 3 is 2.17 bits per heavy atom. The number of rotatable bonds is 1. The maximum absolute atomic E-state index is 5.13. The Morgan fingerprint density at radius 1 is 1.25 bits per heavy atom. The smallest absolute Gasteiger partial charge is 0.165 e. The standard InChI is InChI=1S/C9H16N2O/c1-6(2)7-8(9(3,4)5)12-11-10-7/h6H,1-5H3. The van der Waals surface area contributed by atoms with Gasteiger partial charge in [0.15, 0.2) is 5.76 Å². The van der Waals surface area contributed by atoms with Crippen molar-refractivity contribution in [1.29, 1.82) is 0 Å². The zero-order valence-corrected chi connectivity index (χ0v) is 8.38. The molecule has 1 aromatic heterocycles. The van der Waals surface area contributed by atoms with Crippen LogP contribution in [0.4, 0.5) is 0 Å². The van der Waals surface area contributed by atoms with Crippen LogP contribution in [0.25, 0.3) is 0 Å². The lowest BCUT2D eigenvalue weighted by Crippen LogP contribution is -2.13. The first-order chi connectivity index (χ1) is 5.43. The minimum Gasteiger partial charge on any atom is -0.341 e. The van der Waals surface area contributed by atoms with E-state index >= 15 is 0 Å². The van der Waals surface area contributed by atoms with E-state index in [1.807, 2.05) is 0 Å². The highest BCUT2D eigenvalue weighted by molar-refractivity contribution is 5.17. The average Bonchev–Trinajstić information content (AvgIpc) is 2.30. The van der Waals surface area contributed by atoms with Gasteiger partial charge < -0.3 is 4.52 Å². The molecule has 0 fully saturated rings. The zero-order chi connectivity index (χ0) is 9.35. The fourth-order valence-corrected chi connectivity index (χ4v) is 1.10. The van der Waals surface area contributed by atoms with Crippen LogP contribution in [0.15, 0.2) is 4.52 Å². The van der Waals surface area contributed by atoms with Crippen LogP contribution in [0.1, 0.15) is 52.0 Å². The Bertz CT molecular complexity index is 258. The average molecular weight is 168 g/mol. The summed E-state index contributed by atoms with van der Waals surface area (Å²) in [5, 5.41) is 7.55. The van der Waals surface area contributed by atoms with Crippen LogP contribution < -0.4 is 0 Å². The fourth-order valence-electron chi connectivity index (χ4n) is 1.10. The second-order valence-electron chi connectivity index (χ2n) is 4.39. The summed E-state index contributed by atoms with van der Waals surface area (Å²) in [5.74, 6) is 1.28. The Kier molecular flexibility index (Phi) is 2.22. The van der Waals surface area contributed by atoms with Gasteiger partial charge in [0.2, 0.25) is 0 Å². The van der Waals surface area contributed by atoms with E-state index in [0.717, 1.165) is 11.5 Å². The molecule has 0 radical (unpaired) electrons. The first-order valence-corrected chi connectivity index (χ1v) is 4.25. The van der Waals surface area contributed by atoms with Gasteiger partial charge >= 0.3 is 0 Å². The molecule has 0 aromatic carbocycles. The third-order valence-electron chi connectivity index (χ3n) is 1.74. The third kappa shape index (κ3) is 1.65. The molecular formula is C9H16N2O. The van der Waals surface area contributed by atoms with Gasteiger partial charge in [-0.05, 0) is 0 Å². The summed E-state index contributed by atoms with van der Waals surface area (Å²) < 4.78 is 5.13. The molecule has 1 heterocycles. The number of hydrogen-bond acceptors (Lipinski definition) is 3. The Balaban J connectivity index is 3.08. The van der Waals surface area contributed by atoms with E-state index in [1.54, 1.807) is 0 Å². The highest BCUT2D eigenvalue weighted by Crippen LogP contribution is 2.28. The van der Waals surface area contributed by atoms with Crippen LogP contribution in [0.3, 0.4) is 0 Å². The molecule has 68 valence electrons. The SMILES string of the molecule is CC(C)c1nnoc1C(C)(C)C. The first kappa shape index (κ1) is 9.23. The molecule has 0 aliphatic rings. The number of nitrogens with zero attached hydrogens (tertiary/aromatic N) is 2. The molecule has 1 aromatic rings. The highest BCUT2D eigenvalue weighted by Gasteiger charge is 2.25.